The summed E-state index contributed by atoms with van der Waals surface area (Å²) in [5, 5.41) is 12.0. The third-order valence-corrected chi connectivity index (χ3v) is 2.79. The lowest BCUT2D eigenvalue weighted by molar-refractivity contribution is 0.102. The predicted octanol–water partition coefficient (Wildman–Crippen LogP) is 2.96. The van der Waals surface area contributed by atoms with Crippen molar-refractivity contribution in [2.75, 3.05) is 18.5 Å². The molecule has 0 saturated heterocycles. The van der Waals surface area contributed by atoms with Gasteiger partial charge in [-0.05, 0) is 42.5 Å². The molecule has 2 aromatic rings. The molecule has 0 aliphatic heterocycles. The van der Waals surface area contributed by atoms with Crippen LogP contribution in [0.1, 0.15) is 10.4 Å². The molecule has 104 valence electrons. The summed E-state index contributed by atoms with van der Waals surface area (Å²) in [6, 6.07) is 13.6. The number of carbonyl (C=O) groups is 1. The summed E-state index contributed by atoms with van der Waals surface area (Å²) < 4.78 is 5.22. The Morgan fingerprint density at radius 2 is 1.95 bits per heavy atom. The van der Waals surface area contributed by atoms with Crippen LogP contribution in [0.5, 0.6) is 5.75 Å². The van der Waals surface area contributed by atoms with Gasteiger partial charge in [-0.1, -0.05) is 17.7 Å². The average Bonchev–Trinajstić information content (AvgIpc) is 2.45. The average molecular weight is 292 g/mol. The van der Waals surface area contributed by atoms with Crippen molar-refractivity contribution in [3.05, 3.63) is 59.1 Å². The van der Waals surface area contributed by atoms with E-state index in [0.717, 1.165) is 0 Å². The number of amides is 1. The van der Waals surface area contributed by atoms with Gasteiger partial charge in [-0.2, -0.15) is 0 Å². The van der Waals surface area contributed by atoms with Crippen LogP contribution in [0.15, 0.2) is 48.5 Å². The first-order chi connectivity index (χ1) is 9.69. The Hall–Kier alpha value is -2.04. The van der Waals surface area contributed by atoms with Gasteiger partial charge in [0.2, 0.25) is 0 Å². The van der Waals surface area contributed by atoms with Crippen molar-refractivity contribution in [2.45, 2.75) is 0 Å². The fourth-order valence-corrected chi connectivity index (χ4v) is 1.83. The van der Waals surface area contributed by atoms with Crippen LogP contribution in [0.2, 0.25) is 5.02 Å². The van der Waals surface area contributed by atoms with E-state index in [9.17, 15) is 4.79 Å². The van der Waals surface area contributed by atoms with E-state index in [-0.39, 0.29) is 19.1 Å². The fourth-order valence-electron chi connectivity index (χ4n) is 1.64. The van der Waals surface area contributed by atoms with Crippen molar-refractivity contribution in [3.63, 3.8) is 0 Å². The molecule has 0 radical (unpaired) electrons. The number of hydrogen-bond acceptors (Lipinski definition) is 3. The molecular formula is C15H14ClNO3. The third-order valence-electron chi connectivity index (χ3n) is 2.56. The third kappa shape index (κ3) is 3.98. The minimum atomic E-state index is -0.221. The van der Waals surface area contributed by atoms with Crippen molar-refractivity contribution in [1.82, 2.24) is 0 Å². The summed E-state index contributed by atoms with van der Waals surface area (Å²) in [7, 11) is 0. The number of aliphatic hydroxyl groups is 1. The first-order valence-electron chi connectivity index (χ1n) is 6.09. The second-order valence-electron chi connectivity index (χ2n) is 4.06. The fraction of sp³-hybridized carbons (Fsp3) is 0.133. The van der Waals surface area contributed by atoms with E-state index < -0.39 is 0 Å². The van der Waals surface area contributed by atoms with Crippen molar-refractivity contribution < 1.29 is 14.6 Å². The second-order valence-corrected chi connectivity index (χ2v) is 4.50. The highest BCUT2D eigenvalue weighted by molar-refractivity contribution is 6.30. The monoisotopic (exact) mass is 291 g/mol. The van der Waals surface area contributed by atoms with Gasteiger partial charge < -0.3 is 15.2 Å². The lowest BCUT2D eigenvalue weighted by Crippen LogP contribution is -2.11. The Bertz CT molecular complexity index is 584. The number of carbonyl (C=O) groups excluding carboxylic acids is 1. The first kappa shape index (κ1) is 14.4. The van der Waals surface area contributed by atoms with Crippen LogP contribution in [0.25, 0.3) is 0 Å². The molecule has 0 aliphatic rings. The Balaban J connectivity index is 2.02. The van der Waals surface area contributed by atoms with Crippen molar-refractivity contribution in [1.29, 1.82) is 0 Å². The Kier molecular flexibility index (Phi) is 4.98. The number of ether oxygens (including phenoxy) is 1. The van der Waals surface area contributed by atoms with Crippen LogP contribution in [0.3, 0.4) is 0 Å². The van der Waals surface area contributed by atoms with Crippen LogP contribution in [0.4, 0.5) is 5.69 Å². The highest BCUT2D eigenvalue weighted by atomic mass is 35.5. The molecule has 0 atom stereocenters. The SMILES string of the molecule is O=C(Nc1cccc(Cl)c1)c1ccc(OCCO)cc1. The van der Waals surface area contributed by atoms with Gasteiger partial charge in [0.15, 0.2) is 0 Å². The van der Waals surface area contributed by atoms with E-state index in [1.54, 1.807) is 48.5 Å². The highest BCUT2D eigenvalue weighted by Crippen LogP contribution is 2.17. The lowest BCUT2D eigenvalue weighted by Gasteiger charge is -2.07. The Labute approximate surface area is 122 Å². The molecule has 0 heterocycles. The summed E-state index contributed by atoms with van der Waals surface area (Å²) in [4.78, 5) is 12.0. The van der Waals surface area contributed by atoms with Crippen molar-refractivity contribution >= 4 is 23.2 Å². The summed E-state index contributed by atoms with van der Waals surface area (Å²) in [5.41, 5.74) is 1.16. The maximum Gasteiger partial charge on any atom is 0.255 e. The molecular weight excluding hydrogens is 278 g/mol. The smallest absolute Gasteiger partial charge is 0.255 e. The molecule has 5 heteroatoms. The number of rotatable bonds is 5. The van der Waals surface area contributed by atoms with Gasteiger partial charge in [0.05, 0.1) is 6.61 Å². The van der Waals surface area contributed by atoms with E-state index in [0.29, 0.717) is 22.0 Å². The standard InChI is InChI=1S/C15H14ClNO3/c16-12-2-1-3-13(10-12)17-15(19)11-4-6-14(7-5-11)20-9-8-18/h1-7,10,18H,8-9H2,(H,17,19). The van der Waals surface area contributed by atoms with Gasteiger partial charge in [0.25, 0.3) is 5.91 Å². The number of benzene rings is 2. The predicted molar refractivity (Wildman–Crippen MR) is 78.4 cm³/mol. The molecule has 1 amide bonds. The van der Waals surface area contributed by atoms with Crippen LogP contribution in [-0.4, -0.2) is 24.2 Å². The molecule has 0 fully saturated rings. The number of aliphatic hydroxyl groups excluding tert-OH is 1. The number of halogens is 1. The zero-order chi connectivity index (χ0) is 14.4. The molecule has 0 aromatic heterocycles. The largest absolute Gasteiger partial charge is 0.491 e. The maximum atomic E-state index is 12.0. The number of anilines is 1. The number of nitrogens with one attached hydrogen (secondary N) is 1. The van der Waals surface area contributed by atoms with Crippen LogP contribution in [0, 0.1) is 0 Å². The molecule has 20 heavy (non-hydrogen) atoms. The van der Waals surface area contributed by atoms with Crippen molar-refractivity contribution in [3.8, 4) is 5.75 Å². The second kappa shape index (κ2) is 6.93. The normalized spacial score (nSPS) is 10.1. The van der Waals surface area contributed by atoms with Crippen molar-refractivity contribution in [2.24, 2.45) is 0 Å². The zero-order valence-corrected chi connectivity index (χ0v) is 11.4. The number of hydrogen-bond donors (Lipinski definition) is 2. The van der Waals surface area contributed by atoms with Crippen LogP contribution >= 0.6 is 11.6 Å². The molecule has 0 unspecified atom stereocenters. The summed E-state index contributed by atoms with van der Waals surface area (Å²) >= 11 is 5.86. The van der Waals surface area contributed by atoms with Gasteiger partial charge in [0.1, 0.15) is 12.4 Å². The summed E-state index contributed by atoms with van der Waals surface area (Å²) in [5.74, 6) is 0.388. The molecule has 0 bridgehead atoms. The highest BCUT2D eigenvalue weighted by Gasteiger charge is 2.06. The van der Waals surface area contributed by atoms with Gasteiger partial charge in [-0.25, -0.2) is 0 Å². The van der Waals surface area contributed by atoms with E-state index in [4.69, 9.17) is 21.4 Å². The minimum Gasteiger partial charge on any atom is -0.491 e. The molecule has 2 rings (SSSR count). The molecule has 2 aromatic carbocycles. The lowest BCUT2D eigenvalue weighted by atomic mass is 10.2. The van der Waals surface area contributed by atoms with E-state index in [1.165, 1.54) is 0 Å². The maximum absolute atomic E-state index is 12.0. The quantitative estimate of drug-likeness (QED) is 0.890. The van der Waals surface area contributed by atoms with E-state index in [1.807, 2.05) is 0 Å². The van der Waals surface area contributed by atoms with Gasteiger partial charge in [-0.15, -0.1) is 0 Å². The Morgan fingerprint density at radius 1 is 1.20 bits per heavy atom. The van der Waals surface area contributed by atoms with Gasteiger partial charge in [-0.3, -0.25) is 4.79 Å². The van der Waals surface area contributed by atoms with Gasteiger partial charge in [0, 0.05) is 16.3 Å². The molecule has 0 saturated carbocycles. The molecule has 4 nitrogen and oxygen atoms in total. The van der Waals surface area contributed by atoms with E-state index in [2.05, 4.69) is 5.32 Å². The molecule has 0 spiro atoms. The van der Waals surface area contributed by atoms with Crippen LogP contribution in [-0.2, 0) is 0 Å². The molecule has 0 aliphatic carbocycles. The summed E-state index contributed by atoms with van der Waals surface area (Å²) in [6.07, 6.45) is 0. The minimum absolute atomic E-state index is 0.0446. The zero-order valence-electron chi connectivity index (χ0n) is 10.7. The van der Waals surface area contributed by atoms with E-state index >= 15 is 0 Å². The Morgan fingerprint density at radius 3 is 2.60 bits per heavy atom. The molecule has 2 N–H and O–H groups in total. The topological polar surface area (TPSA) is 58.6 Å². The first-order valence-corrected chi connectivity index (χ1v) is 6.47. The summed E-state index contributed by atoms with van der Waals surface area (Å²) in [6.45, 7) is 0.186. The van der Waals surface area contributed by atoms with Gasteiger partial charge >= 0.3 is 0 Å². The van der Waals surface area contributed by atoms with Crippen LogP contribution < -0.4 is 10.1 Å².